The van der Waals surface area contributed by atoms with Crippen molar-refractivity contribution >= 4 is 11.6 Å². The average molecular weight is 321 g/mol. The summed E-state index contributed by atoms with van der Waals surface area (Å²) < 4.78 is 10.6. The summed E-state index contributed by atoms with van der Waals surface area (Å²) in [6, 6.07) is 16.6. The summed E-state index contributed by atoms with van der Waals surface area (Å²) in [5, 5.41) is 2.72. The molecular formula is C18H15N3O3. The molecule has 0 saturated carbocycles. The van der Waals surface area contributed by atoms with E-state index in [0.717, 1.165) is 5.75 Å². The summed E-state index contributed by atoms with van der Waals surface area (Å²) in [5.74, 6) is 1.14. The predicted octanol–water partition coefficient (Wildman–Crippen LogP) is 3.53. The van der Waals surface area contributed by atoms with Gasteiger partial charge >= 0.3 is 6.01 Å². The fourth-order valence-electron chi connectivity index (χ4n) is 1.99. The van der Waals surface area contributed by atoms with Crippen molar-refractivity contribution in [2.24, 2.45) is 0 Å². The number of benzene rings is 2. The zero-order chi connectivity index (χ0) is 16.8. The maximum absolute atomic E-state index is 12.2. The lowest BCUT2D eigenvalue weighted by molar-refractivity contribution is 0.102. The van der Waals surface area contributed by atoms with E-state index in [-0.39, 0.29) is 11.9 Å². The van der Waals surface area contributed by atoms with E-state index in [0.29, 0.717) is 17.0 Å². The molecule has 0 aliphatic rings. The summed E-state index contributed by atoms with van der Waals surface area (Å²) in [5.41, 5.74) is 0.997. The highest BCUT2D eigenvalue weighted by molar-refractivity contribution is 6.04. The van der Waals surface area contributed by atoms with Gasteiger partial charge in [0.1, 0.15) is 11.5 Å². The van der Waals surface area contributed by atoms with E-state index >= 15 is 0 Å². The van der Waals surface area contributed by atoms with Crippen LogP contribution in [0.5, 0.6) is 17.5 Å². The molecule has 24 heavy (non-hydrogen) atoms. The maximum atomic E-state index is 12.2. The number of aromatic nitrogens is 2. The number of hydrogen-bond acceptors (Lipinski definition) is 5. The molecule has 0 unspecified atom stereocenters. The van der Waals surface area contributed by atoms with Gasteiger partial charge in [-0.25, -0.2) is 9.97 Å². The Hall–Kier alpha value is -3.41. The van der Waals surface area contributed by atoms with Crippen molar-refractivity contribution in [3.8, 4) is 17.5 Å². The van der Waals surface area contributed by atoms with Gasteiger partial charge in [0.05, 0.1) is 25.2 Å². The number of carbonyl (C=O) groups is 1. The van der Waals surface area contributed by atoms with Crippen LogP contribution in [0.4, 0.5) is 5.69 Å². The third-order valence-corrected chi connectivity index (χ3v) is 3.16. The van der Waals surface area contributed by atoms with Crippen molar-refractivity contribution in [1.82, 2.24) is 9.97 Å². The minimum atomic E-state index is -0.255. The number of nitrogens with zero attached hydrogens (tertiary/aromatic N) is 2. The molecule has 1 heterocycles. The third-order valence-electron chi connectivity index (χ3n) is 3.16. The number of ether oxygens (including phenoxy) is 2. The summed E-state index contributed by atoms with van der Waals surface area (Å²) >= 11 is 0. The molecule has 120 valence electrons. The molecule has 1 amide bonds. The van der Waals surface area contributed by atoms with Crippen LogP contribution in [0.2, 0.25) is 0 Å². The first-order valence-corrected chi connectivity index (χ1v) is 7.25. The number of methoxy groups -OCH3 is 1. The van der Waals surface area contributed by atoms with Crippen LogP contribution < -0.4 is 14.8 Å². The molecule has 2 aromatic carbocycles. The molecule has 0 spiro atoms. The van der Waals surface area contributed by atoms with Crippen LogP contribution in [-0.2, 0) is 0 Å². The molecule has 0 atom stereocenters. The van der Waals surface area contributed by atoms with Crippen molar-refractivity contribution in [3.63, 3.8) is 0 Å². The second-order valence-electron chi connectivity index (χ2n) is 4.85. The number of rotatable bonds is 5. The number of nitrogens with one attached hydrogen (secondary N) is 1. The number of hydrogen-bond donors (Lipinski definition) is 1. The Morgan fingerprint density at radius 2 is 1.54 bits per heavy atom. The third kappa shape index (κ3) is 3.86. The van der Waals surface area contributed by atoms with E-state index in [1.54, 1.807) is 24.3 Å². The van der Waals surface area contributed by atoms with Crippen molar-refractivity contribution in [3.05, 3.63) is 72.6 Å². The molecule has 0 aliphatic carbocycles. The fourth-order valence-corrected chi connectivity index (χ4v) is 1.99. The summed E-state index contributed by atoms with van der Waals surface area (Å²) in [6.45, 7) is 0. The Labute approximate surface area is 139 Å². The average Bonchev–Trinajstić information content (AvgIpc) is 2.64. The minimum absolute atomic E-state index is 0.246. The molecule has 1 aromatic heterocycles. The molecule has 0 radical (unpaired) electrons. The monoisotopic (exact) mass is 321 g/mol. The normalized spacial score (nSPS) is 10.0. The lowest BCUT2D eigenvalue weighted by Crippen LogP contribution is -2.12. The van der Waals surface area contributed by atoms with Gasteiger partial charge in [-0.3, -0.25) is 4.79 Å². The van der Waals surface area contributed by atoms with Crippen molar-refractivity contribution in [2.75, 3.05) is 12.4 Å². The van der Waals surface area contributed by atoms with Gasteiger partial charge in [0.2, 0.25) is 0 Å². The first-order valence-electron chi connectivity index (χ1n) is 7.25. The van der Waals surface area contributed by atoms with E-state index in [1.807, 2.05) is 30.3 Å². The maximum Gasteiger partial charge on any atom is 0.316 e. The van der Waals surface area contributed by atoms with Crippen LogP contribution in [0, 0.1) is 0 Å². The van der Waals surface area contributed by atoms with E-state index in [4.69, 9.17) is 9.47 Å². The Morgan fingerprint density at radius 3 is 2.17 bits per heavy atom. The van der Waals surface area contributed by atoms with Crippen LogP contribution in [0.3, 0.4) is 0 Å². The van der Waals surface area contributed by atoms with Gasteiger partial charge < -0.3 is 14.8 Å². The molecule has 0 bridgehead atoms. The smallest absolute Gasteiger partial charge is 0.316 e. The second-order valence-corrected chi connectivity index (χ2v) is 4.85. The first-order chi connectivity index (χ1) is 11.7. The number of amides is 1. The van der Waals surface area contributed by atoms with E-state index < -0.39 is 0 Å². The SMILES string of the molecule is COc1ncc(NC(=O)c2ccc(Oc3ccccc3)cc2)cn1. The van der Waals surface area contributed by atoms with E-state index in [1.165, 1.54) is 19.5 Å². The van der Waals surface area contributed by atoms with Gasteiger partial charge in [0, 0.05) is 5.56 Å². The highest BCUT2D eigenvalue weighted by Gasteiger charge is 2.07. The quantitative estimate of drug-likeness (QED) is 0.778. The lowest BCUT2D eigenvalue weighted by Gasteiger charge is -2.07. The molecule has 1 N–H and O–H groups in total. The van der Waals surface area contributed by atoms with Gasteiger partial charge in [-0.15, -0.1) is 0 Å². The summed E-state index contributed by atoms with van der Waals surface area (Å²) in [4.78, 5) is 20.1. The predicted molar refractivity (Wildman–Crippen MR) is 89.5 cm³/mol. The Morgan fingerprint density at radius 1 is 0.917 bits per heavy atom. The molecule has 3 aromatic rings. The van der Waals surface area contributed by atoms with Crippen LogP contribution in [0.1, 0.15) is 10.4 Å². The van der Waals surface area contributed by atoms with Gasteiger partial charge in [-0.1, -0.05) is 18.2 Å². The Kier molecular flexibility index (Phi) is 4.67. The standard InChI is InChI=1S/C18H15N3O3/c1-23-18-19-11-14(12-20-18)21-17(22)13-7-9-16(10-8-13)24-15-5-3-2-4-6-15/h2-12H,1H3,(H,21,22). The van der Waals surface area contributed by atoms with Gasteiger partial charge in [0.25, 0.3) is 5.91 Å². The van der Waals surface area contributed by atoms with Crippen molar-refractivity contribution in [1.29, 1.82) is 0 Å². The van der Waals surface area contributed by atoms with Crippen LogP contribution in [0.15, 0.2) is 67.0 Å². The van der Waals surface area contributed by atoms with Gasteiger partial charge in [-0.05, 0) is 36.4 Å². The molecule has 3 rings (SSSR count). The second kappa shape index (κ2) is 7.23. The Bertz CT molecular complexity index is 803. The summed E-state index contributed by atoms with van der Waals surface area (Å²) in [7, 11) is 1.48. The number of carbonyl (C=O) groups excluding carboxylic acids is 1. The van der Waals surface area contributed by atoms with Crippen molar-refractivity contribution < 1.29 is 14.3 Å². The molecule has 0 fully saturated rings. The summed E-state index contributed by atoms with van der Waals surface area (Å²) in [6.07, 6.45) is 2.97. The van der Waals surface area contributed by atoms with Crippen LogP contribution >= 0.6 is 0 Å². The van der Waals surface area contributed by atoms with E-state index in [9.17, 15) is 4.79 Å². The fraction of sp³-hybridized carbons (Fsp3) is 0.0556. The molecule has 6 nitrogen and oxygen atoms in total. The Balaban J connectivity index is 1.64. The van der Waals surface area contributed by atoms with E-state index in [2.05, 4.69) is 15.3 Å². The minimum Gasteiger partial charge on any atom is -0.467 e. The molecule has 0 saturated heterocycles. The van der Waals surface area contributed by atoms with Gasteiger partial charge in [-0.2, -0.15) is 0 Å². The number of para-hydroxylation sites is 1. The zero-order valence-corrected chi connectivity index (χ0v) is 13.0. The van der Waals surface area contributed by atoms with Gasteiger partial charge in [0.15, 0.2) is 0 Å². The van der Waals surface area contributed by atoms with Crippen LogP contribution in [0.25, 0.3) is 0 Å². The lowest BCUT2D eigenvalue weighted by atomic mass is 10.2. The first kappa shape index (κ1) is 15.5. The molecule has 6 heteroatoms. The topological polar surface area (TPSA) is 73.3 Å². The van der Waals surface area contributed by atoms with Crippen molar-refractivity contribution in [2.45, 2.75) is 0 Å². The highest BCUT2D eigenvalue weighted by Crippen LogP contribution is 2.21. The molecule has 0 aliphatic heterocycles. The largest absolute Gasteiger partial charge is 0.467 e. The highest BCUT2D eigenvalue weighted by atomic mass is 16.5. The molecular weight excluding hydrogens is 306 g/mol. The zero-order valence-electron chi connectivity index (χ0n) is 13.0. The number of anilines is 1. The van der Waals surface area contributed by atoms with Crippen LogP contribution in [-0.4, -0.2) is 23.0 Å².